The molecule has 0 atom stereocenters. The summed E-state index contributed by atoms with van der Waals surface area (Å²) < 4.78 is 25.0. The van der Waals surface area contributed by atoms with E-state index in [0.29, 0.717) is 22.1 Å². The zero-order valence-corrected chi connectivity index (χ0v) is 11.5. The Bertz CT molecular complexity index is 688. The normalized spacial score (nSPS) is 11.7. The molecule has 2 N–H and O–H groups in total. The molecule has 1 heterocycles. The van der Waals surface area contributed by atoms with E-state index in [1.165, 1.54) is 10.7 Å². The number of anilines is 1. The third-order valence-corrected chi connectivity index (χ3v) is 4.00. The monoisotopic (exact) mass is 285 g/mol. The van der Waals surface area contributed by atoms with Gasteiger partial charge in [0.1, 0.15) is 5.82 Å². The fourth-order valence-corrected chi connectivity index (χ4v) is 2.90. The predicted octanol–water partition coefficient (Wildman–Crippen LogP) is 1.73. The second kappa shape index (κ2) is 4.29. The number of aryl methyl sites for hydroxylation is 1. The van der Waals surface area contributed by atoms with Gasteiger partial charge in [-0.15, -0.1) is 0 Å². The SMILES string of the molecule is Cn1nc(-c2c(Cl)cccc2S(C)(=O)=O)cc1N. The molecular formula is C11H12ClN3O2S. The van der Waals surface area contributed by atoms with Crippen LogP contribution in [0, 0.1) is 0 Å². The first-order valence-corrected chi connectivity index (χ1v) is 7.36. The van der Waals surface area contributed by atoms with Crippen LogP contribution in [0.15, 0.2) is 29.2 Å². The van der Waals surface area contributed by atoms with Crippen molar-refractivity contribution in [3.63, 3.8) is 0 Å². The van der Waals surface area contributed by atoms with Gasteiger partial charge in [-0.1, -0.05) is 17.7 Å². The zero-order chi connectivity index (χ0) is 13.5. The molecule has 7 heteroatoms. The average molecular weight is 286 g/mol. The largest absolute Gasteiger partial charge is 0.384 e. The van der Waals surface area contributed by atoms with Gasteiger partial charge in [0.2, 0.25) is 0 Å². The van der Waals surface area contributed by atoms with Crippen LogP contribution >= 0.6 is 11.6 Å². The maximum atomic E-state index is 11.7. The van der Waals surface area contributed by atoms with Crippen molar-refractivity contribution in [2.24, 2.45) is 7.05 Å². The Labute approximate surface area is 110 Å². The van der Waals surface area contributed by atoms with Crippen molar-refractivity contribution in [3.8, 4) is 11.3 Å². The van der Waals surface area contributed by atoms with Crippen molar-refractivity contribution in [1.29, 1.82) is 0 Å². The molecule has 0 fully saturated rings. The van der Waals surface area contributed by atoms with E-state index in [1.807, 2.05) is 0 Å². The van der Waals surface area contributed by atoms with Gasteiger partial charge < -0.3 is 5.73 Å². The van der Waals surface area contributed by atoms with E-state index in [9.17, 15) is 8.42 Å². The van der Waals surface area contributed by atoms with Gasteiger partial charge in [-0.3, -0.25) is 4.68 Å². The summed E-state index contributed by atoms with van der Waals surface area (Å²) in [5.74, 6) is 0.435. The van der Waals surface area contributed by atoms with Crippen molar-refractivity contribution >= 4 is 27.3 Å². The molecule has 0 amide bonds. The highest BCUT2D eigenvalue weighted by Gasteiger charge is 2.19. The molecule has 0 saturated heterocycles. The first-order chi connectivity index (χ1) is 8.30. The molecular weight excluding hydrogens is 274 g/mol. The summed E-state index contributed by atoms with van der Waals surface area (Å²) in [4.78, 5) is 0.146. The minimum atomic E-state index is -3.38. The van der Waals surface area contributed by atoms with Crippen LogP contribution in [-0.4, -0.2) is 24.5 Å². The van der Waals surface area contributed by atoms with Crippen molar-refractivity contribution in [1.82, 2.24) is 9.78 Å². The van der Waals surface area contributed by atoms with E-state index in [4.69, 9.17) is 17.3 Å². The third-order valence-electron chi connectivity index (χ3n) is 2.55. The minimum absolute atomic E-state index is 0.146. The Kier molecular flexibility index (Phi) is 3.08. The lowest BCUT2D eigenvalue weighted by Crippen LogP contribution is -2.01. The van der Waals surface area contributed by atoms with Gasteiger partial charge in [0, 0.05) is 24.9 Å². The van der Waals surface area contributed by atoms with Gasteiger partial charge in [-0.25, -0.2) is 8.42 Å². The second-order valence-corrected chi connectivity index (χ2v) is 6.35. The topological polar surface area (TPSA) is 78.0 Å². The molecule has 0 radical (unpaired) electrons. The molecule has 0 aliphatic rings. The molecule has 96 valence electrons. The lowest BCUT2D eigenvalue weighted by molar-refractivity contribution is 0.602. The first kappa shape index (κ1) is 12.9. The van der Waals surface area contributed by atoms with Crippen molar-refractivity contribution in [3.05, 3.63) is 29.3 Å². The Morgan fingerprint density at radius 1 is 1.39 bits per heavy atom. The summed E-state index contributed by atoms with van der Waals surface area (Å²) >= 11 is 6.08. The summed E-state index contributed by atoms with van der Waals surface area (Å²) in [5, 5.41) is 4.49. The lowest BCUT2D eigenvalue weighted by Gasteiger charge is -2.07. The molecule has 0 saturated carbocycles. The van der Waals surface area contributed by atoms with Crippen LogP contribution < -0.4 is 5.73 Å². The number of sulfone groups is 1. The number of nitrogens with two attached hydrogens (primary N) is 1. The van der Waals surface area contributed by atoms with Crippen molar-refractivity contribution in [2.75, 3.05) is 12.0 Å². The predicted molar refractivity (Wildman–Crippen MR) is 71.2 cm³/mol. The summed E-state index contributed by atoms with van der Waals surface area (Å²) in [6.45, 7) is 0. The Morgan fingerprint density at radius 3 is 2.56 bits per heavy atom. The van der Waals surface area contributed by atoms with E-state index < -0.39 is 9.84 Å². The van der Waals surface area contributed by atoms with Crippen molar-refractivity contribution in [2.45, 2.75) is 4.90 Å². The number of hydrogen-bond acceptors (Lipinski definition) is 4. The number of aromatic nitrogens is 2. The molecule has 1 aromatic heterocycles. The number of nitrogen functional groups attached to an aromatic ring is 1. The molecule has 2 rings (SSSR count). The molecule has 2 aromatic rings. The van der Waals surface area contributed by atoms with Gasteiger partial charge in [0.15, 0.2) is 9.84 Å². The van der Waals surface area contributed by atoms with E-state index in [-0.39, 0.29) is 4.90 Å². The molecule has 0 aliphatic heterocycles. The highest BCUT2D eigenvalue weighted by atomic mass is 35.5. The van der Waals surface area contributed by atoms with Crippen LogP contribution in [-0.2, 0) is 16.9 Å². The van der Waals surface area contributed by atoms with Crippen LogP contribution in [0.1, 0.15) is 0 Å². The summed E-state index contributed by atoms with van der Waals surface area (Å²) in [7, 11) is -1.71. The molecule has 0 bridgehead atoms. The molecule has 5 nitrogen and oxygen atoms in total. The number of rotatable bonds is 2. The smallest absolute Gasteiger partial charge is 0.176 e. The van der Waals surface area contributed by atoms with Crippen molar-refractivity contribution < 1.29 is 8.42 Å². The lowest BCUT2D eigenvalue weighted by atomic mass is 10.1. The quantitative estimate of drug-likeness (QED) is 0.911. The van der Waals surface area contributed by atoms with Gasteiger partial charge in [0.05, 0.1) is 15.6 Å². The molecule has 0 spiro atoms. The maximum Gasteiger partial charge on any atom is 0.176 e. The van der Waals surface area contributed by atoms with E-state index in [2.05, 4.69) is 5.10 Å². The summed E-state index contributed by atoms with van der Waals surface area (Å²) in [5.41, 5.74) is 6.52. The minimum Gasteiger partial charge on any atom is -0.384 e. The fourth-order valence-electron chi connectivity index (χ4n) is 1.67. The molecule has 0 unspecified atom stereocenters. The maximum absolute atomic E-state index is 11.7. The number of hydrogen-bond donors (Lipinski definition) is 1. The van der Waals surface area contributed by atoms with Crippen LogP contribution in [0.25, 0.3) is 11.3 Å². The van der Waals surface area contributed by atoms with E-state index in [0.717, 1.165) is 6.26 Å². The van der Waals surface area contributed by atoms with Gasteiger partial charge in [-0.2, -0.15) is 5.10 Å². The molecule has 0 aliphatic carbocycles. The number of nitrogens with zero attached hydrogens (tertiary/aromatic N) is 2. The number of halogens is 1. The Balaban J connectivity index is 2.78. The first-order valence-electron chi connectivity index (χ1n) is 5.09. The summed E-state index contributed by atoms with van der Waals surface area (Å²) in [6, 6.07) is 6.31. The van der Waals surface area contributed by atoms with Gasteiger partial charge >= 0.3 is 0 Å². The standard InChI is InChI=1S/C11H12ClN3O2S/c1-15-10(13)6-8(14-15)11-7(12)4-3-5-9(11)18(2,16)17/h3-6H,13H2,1-2H3. The number of benzene rings is 1. The fraction of sp³-hybridized carbons (Fsp3) is 0.182. The highest BCUT2D eigenvalue weighted by Crippen LogP contribution is 2.33. The van der Waals surface area contributed by atoms with E-state index in [1.54, 1.807) is 25.2 Å². The second-order valence-electron chi connectivity index (χ2n) is 3.96. The average Bonchev–Trinajstić information content (AvgIpc) is 2.57. The van der Waals surface area contributed by atoms with Gasteiger partial charge in [-0.05, 0) is 12.1 Å². The third kappa shape index (κ3) is 2.21. The van der Waals surface area contributed by atoms with Crippen LogP contribution in [0.5, 0.6) is 0 Å². The van der Waals surface area contributed by atoms with Gasteiger partial charge in [0.25, 0.3) is 0 Å². The Morgan fingerprint density at radius 2 is 2.06 bits per heavy atom. The molecule has 1 aromatic carbocycles. The van der Waals surface area contributed by atoms with Crippen LogP contribution in [0.3, 0.4) is 0 Å². The Hall–Kier alpha value is -1.53. The molecule has 18 heavy (non-hydrogen) atoms. The highest BCUT2D eigenvalue weighted by molar-refractivity contribution is 7.90. The van der Waals surface area contributed by atoms with Crippen LogP contribution in [0.4, 0.5) is 5.82 Å². The van der Waals surface area contributed by atoms with Crippen LogP contribution in [0.2, 0.25) is 5.02 Å². The zero-order valence-electron chi connectivity index (χ0n) is 9.88. The summed E-state index contributed by atoms with van der Waals surface area (Å²) in [6.07, 6.45) is 1.13. The van der Waals surface area contributed by atoms with E-state index >= 15 is 0 Å².